The molecule has 20 heavy (non-hydrogen) atoms. The van der Waals surface area contributed by atoms with Crippen molar-refractivity contribution in [3.05, 3.63) is 22.2 Å². The van der Waals surface area contributed by atoms with Gasteiger partial charge in [0, 0.05) is 13.2 Å². The van der Waals surface area contributed by atoms with E-state index in [0.29, 0.717) is 25.2 Å². The Bertz CT molecular complexity index is 480. The van der Waals surface area contributed by atoms with Gasteiger partial charge in [0.1, 0.15) is 0 Å². The number of halogens is 1. The largest absolute Gasteiger partial charge is 0.454 e. The molecule has 2 aliphatic rings. The first-order valence-electron chi connectivity index (χ1n) is 7.17. The molecule has 5 heteroatoms. The summed E-state index contributed by atoms with van der Waals surface area (Å²) in [6.07, 6.45) is 3.63. The van der Waals surface area contributed by atoms with Crippen molar-refractivity contribution in [1.29, 1.82) is 0 Å². The first-order valence-corrected chi connectivity index (χ1v) is 7.97. The second-order valence-corrected chi connectivity index (χ2v) is 6.43. The molecular weight excluding hydrogens is 322 g/mol. The molecule has 2 N–H and O–H groups in total. The minimum absolute atomic E-state index is 0.297. The third kappa shape index (κ3) is 2.95. The Balaban J connectivity index is 1.55. The van der Waals surface area contributed by atoms with Crippen LogP contribution in [-0.4, -0.2) is 25.1 Å². The number of nitrogens with one attached hydrogen (secondary N) is 1. The van der Waals surface area contributed by atoms with Gasteiger partial charge in [-0.1, -0.05) is 6.42 Å². The van der Waals surface area contributed by atoms with Crippen molar-refractivity contribution in [2.45, 2.75) is 25.8 Å². The summed E-state index contributed by atoms with van der Waals surface area (Å²) in [5.74, 6) is 2.69. The van der Waals surface area contributed by atoms with Crippen molar-refractivity contribution in [2.24, 2.45) is 11.8 Å². The van der Waals surface area contributed by atoms with E-state index in [4.69, 9.17) is 9.47 Å². The van der Waals surface area contributed by atoms with Gasteiger partial charge in [-0.3, -0.25) is 0 Å². The number of ether oxygens (including phenoxy) is 2. The Morgan fingerprint density at radius 1 is 1.25 bits per heavy atom. The van der Waals surface area contributed by atoms with E-state index in [1.165, 1.54) is 24.8 Å². The number of rotatable bonds is 5. The minimum Gasteiger partial charge on any atom is -0.454 e. The molecule has 2 unspecified atom stereocenters. The van der Waals surface area contributed by atoms with Crippen LogP contribution >= 0.6 is 15.9 Å². The zero-order valence-electron chi connectivity index (χ0n) is 11.4. The molecule has 1 aliphatic heterocycles. The smallest absolute Gasteiger partial charge is 0.231 e. The van der Waals surface area contributed by atoms with E-state index in [9.17, 15) is 5.11 Å². The maximum atomic E-state index is 9.33. The SMILES string of the molecule is OCC1CCCC1CNCc1cc(Br)c2c(c1)OCO2. The van der Waals surface area contributed by atoms with Crippen LogP contribution in [0.4, 0.5) is 0 Å². The van der Waals surface area contributed by atoms with Crippen molar-refractivity contribution in [2.75, 3.05) is 19.9 Å². The van der Waals surface area contributed by atoms with Gasteiger partial charge in [-0.2, -0.15) is 0 Å². The van der Waals surface area contributed by atoms with Gasteiger partial charge in [0.05, 0.1) is 4.47 Å². The normalized spacial score (nSPS) is 24.3. The molecule has 2 atom stereocenters. The summed E-state index contributed by atoms with van der Waals surface area (Å²) in [6, 6.07) is 4.09. The van der Waals surface area contributed by atoms with Crippen molar-refractivity contribution in [3.63, 3.8) is 0 Å². The standard InChI is InChI=1S/C15H20BrNO3/c16-13-4-10(5-14-15(13)20-9-19-14)6-17-7-11-2-1-3-12(11)8-18/h4-5,11-12,17-18H,1-3,6-9H2. The van der Waals surface area contributed by atoms with Gasteiger partial charge in [-0.25, -0.2) is 0 Å². The van der Waals surface area contributed by atoms with Crippen LogP contribution in [0.2, 0.25) is 0 Å². The van der Waals surface area contributed by atoms with Crippen molar-refractivity contribution in [1.82, 2.24) is 5.32 Å². The molecule has 0 radical (unpaired) electrons. The second kappa shape index (κ2) is 6.33. The van der Waals surface area contributed by atoms with Crippen molar-refractivity contribution < 1.29 is 14.6 Å². The molecular formula is C15H20BrNO3. The minimum atomic E-state index is 0.297. The molecule has 1 fully saturated rings. The first kappa shape index (κ1) is 14.2. The zero-order chi connectivity index (χ0) is 13.9. The average molecular weight is 342 g/mol. The van der Waals surface area contributed by atoms with Crippen LogP contribution in [0.15, 0.2) is 16.6 Å². The number of aliphatic hydroxyl groups is 1. The maximum absolute atomic E-state index is 9.33. The summed E-state index contributed by atoms with van der Waals surface area (Å²) >= 11 is 3.51. The number of hydrogen-bond acceptors (Lipinski definition) is 4. The molecule has 3 rings (SSSR count). The van der Waals surface area contributed by atoms with E-state index in [1.54, 1.807) is 0 Å². The quantitative estimate of drug-likeness (QED) is 0.864. The van der Waals surface area contributed by atoms with E-state index < -0.39 is 0 Å². The van der Waals surface area contributed by atoms with E-state index in [0.717, 1.165) is 29.1 Å². The fourth-order valence-electron chi connectivity index (χ4n) is 3.15. The van der Waals surface area contributed by atoms with E-state index in [2.05, 4.69) is 27.3 Å². The highest BCUT2D eigenvalue weighted by Gasteiger charge is 2.26. The summed E-state index contributed by atoms with van der Waals surface area (Å²) < 4.78 is 11.7. The number of benzene rings is 1. The third-order valence-corrected chi connectivity index (χ3v) is 4.86. The Kier molecular flexibility index (Phi) is 4.48. The topological polar surface area (TPSA) is 50.7 Å². The molecule has 0 bridgehead atoms. The molecule has 1 heterocycles. The fraction of sp³-hybridized carbons (Fsp3) is 0.600. The zero-order valence-corrected chi connectivity index (χ0v) is 13.0. The van der Waals surface area contributed by atoms with Crippen molar-refractivity contribution >= 4 is 15.9 Å². The Hall–Kier alpha value is -0.780. The summed E-state index contributed by atoms with van der Waals surface area (Å²) in [4.78, 5) is 0. The highest BCUT2D eigenvalue weighted by molar-refractivity contribution is 9.10. The number of aliphatic hydroxyl groups excluding tert-OH is 1. The van der Waals surface area contributed by atoms with Gasteiger partial charge >= 0.3 is 0 Å². The molecule has 110 valence electrons. The third-order valence-electron chi connectivity index (χ3n) is 4.27. The van der Waals surface area contributed by atoms with Crippen molar-refractivity contribution in [3.8, 4) is 11.5 Å². The molecule has 1 aromatic carbocycles. The van der Waals surface area contributed by atoms with Crippen LogP contribution in [0, 0.1) is 11.8 Å². The van der Waals surface area contributed by atoms with Gasteiger partial charge < -0.3 is 19.9 Å². The summed E-state index contributed by atoms with van der Waals surface area (Å²) in [7, 11) is 0. The first-order chi connectivity index (χ1) is 9.78. The Morgan fingerprint density at radius 2 is 2.10 bits per heavy atom. The number of fused-ring (bicyclic) bond motifs is 1. The molecule has 1 saturated carbocycles. The molecule has 0 aromatic heterocycles. The van der Waals surface area contributed by atoms with Gasteiger partial charge in [0.2, 0.25) is 6.79 Å². The predicted molar refractivity (Wildman–Crippen MR) is 79.9 cm³/mol. The highest BCUT2D eigenvalue weighted by Crippen LogP contribution is 2.40. The van der Waals surface area contributed by atoms with Gasteiger partial charge in [0.25, 0.3) is 0 Å². The van der Waals surface area contributed by atoms with E-state index >= 15 is 0 Å². The van der Waals surface area contributed by atoms with Crippen LogP contribution in [-0.2, 0) is 6.54 Å². The summed E-state index contributed by atoms with van der Waals surface area (Å²) in [5, 5.41) is 12.8. The lowest BCUT2D eigenvalue weighted by molar-refractivity contribution is 0.173. The van der Waals surface area contributed by atoms with Crippen LogP contribution in [0.25, 0.3) is 0 Å². The monoisotopic (exact) mass is 341 g/mol. The Labute approximate surface area is 127 Å². The van der Waals surface area contributed by atoms with E-state index in [1.807, 2.05) is 6.07 Å². The fourth-order valence-corrected chi connectivity index (χ4v) is 3.75. The van der Waals surface area contributed by atoms with Crippen LogP contribution in [0.5, 0.6) is 11.5 Å². The van der Waals surface area contributed by atoms with Gasteiger partial charge in [-0.15, -0.1) is 0 Å². The lowest BCUT2D eigenvalue weighted by Gasteiger charge is -2.18. The second-order valence-electron chi connectivity index (χ2n) is 5.58. The number of hydrogen-bond donors (Lipinski definition) is 2. The molecule has 4 nitrogen and oxygen atoms in total. The predicted octanol–water partition coefficient (Wildman–Crippen LogP) is 2.68. The highest BCUT2D eigenvalue weighted by atomic mass is 79.9. The van der Waals surface area contributed by atoms with Gasteiger partial charge in [-0.05, 0) is 64.8 Å². The lowest BCUT2D eigenvalue weighted by atomic mass is 9.97. The van der Waals surface area contributed by atoms with Gasteiger partial charge in [0.15, 0.2) is 11.5 Å². The molecule has 0 amide bonds. The Morgan fingerprint density at radius 3 is 2.95 bits per heavy atom. The molecule has 0 spiro atoms. The van der Waals surface area contributed by atoms with Crippen LogP contribution in [0.1, 0.15) is 24.8 Å². The average Bonchev–Trinajstić information content (AvgIpc) is 3.07. The van der Waals surface area contributed by atoms with E-state index in [-0.39, 0.29) is 0 Å². The molecule has 0 saturated heterocycles. The summed E-state index contributed by atoms with van der Waals surface area (Å²) in [5.41, 5.74) is 1.18. The lowest BCUT2D eigenvalue weighted by Crippen LogP contribution is -2.26. The van der Waals surface area contributed by atoms with Crippen LogP contribution < -0.4 is 14.8 Å². The maximum Gasteiger partial charge on any atom is 0.231 e. The summed E-state index contributed by atoms with van der Waals surface area (Å²) in [6.45, 7) is 2.40. The molecule has 1 aromatic rings. The van der Waals surface area contributed by atoms with Crippen LogP contribution in [0.3, 0.4) is 0 Å². The molecule has 1 aliphatic carbocycles.